The lowest BCUT2D eigenvalue weighted by molar-refractivity contribution is 0.328. The van der Waals surface area contributed by atoms with Crippen LogP contribution < -0.4 is 5.73 Å². The van der Waals surface area contributed by atoms with Crippen molar-refractivity contribution in [1.29, 1.82) is 0 Å². The monoisotopic (exact) mass is 168 g/mol. The van der Waals surface area contributed by atoms with Crippen LogP contribution in [0, 0.1) is 0 Å². The van der Waals surface area contributed by atoms with Gasteiger partial charge in [-0.05, 0) is 7.05 Å². The van der Waals surface area contributed by atoms with Gasteiger partial charge in [0.1, 0.15) is 0 Å². The maximum absolute atomic E-state index is 5.43. The maximum Gasteiger partial charge on any atom is 0.0945 e. The Kier molecular flexibility index (Phi) is 3.25. The summed E-state index contributed by atoms with van der Waals surface area (Å²) >= 11 is 0. The summed E-state index contributed by atoms with van der Waals surface area (Å²) in [6.45, 7) is 2.53. The van der Waals surface area contributed by atoms with Gasteiger partial charge in [-0.15, -0.1) is 0 Å². The molecule has 0 aliphatic carbocycles. The van der Waals surface area contributed by atoms with E-state index < -0.39 is 0 Å². The van der Waals surface area contributed by atoms with Crippen LogP contribution in [0.5, 0.6) is 0 Å². The van der Waals surface area contributed by atoms with Gasteiger partial charge in [0.15, 0.2) is 0 Å². The van der Waals surface area contributed by atoms with Crippen LogP contribution in [0.3, 0.4) is 0 Å². The van der Waals surface area contributed by atoms with Gasteiger partial charge in [-0.3, -0.25) is 4.90 Å². The molecule has 1 rings (SSSR count). The molecule has 0 atom stereocenters. The molecule has 0 aliphatic heterocycles. The lowest BCUT2D eigenvalue weighted by Gasteiger charge is -2.14. The number of nitrogens with two attached hydrogens (primary N) is 1. The van der Waals surface area contributed by atoms with Crippen LogP contribution in [0.1, 0.15) is 5.69 Å². The van der Waals surface area contributed by atoms with Gasteiger partial charge in [0, 0.05) is 32.9 Å². The second kappa shape index (κ2) is 4.23. The minimum atomic E-state index is 0.703. The Morgan fingerprint density at radius 3 is 2.92 bits per heavy atom. The van der Waals surface area contributed by atoms with Gasteiger partial charge in [0.05, 0.1) is 12.0 Å². The quantitative estimate of drug-likeness (QED) is 0.678. The van der Waals surface area contributed by atoms with Crippen molar-refractivity contribution in [3.63, 3.8) is 0 Å². The van der Waals surface area contributed by atoms with E-state index in [1.54, 1.807) is 0 Å². The molecule has 0 saturated heterocycles. The number of aromatic nitrogens is 2. The second-order valence-electron chi connectivity index (χ2n) is 3.02. The third-order valence-corrected chi connectivity index (χ3v) is 1.86. The summed E-state index contributed by atoms with van der Waals surface area (Å²) < 4.78 is 2.02. The first kappa shape index (κ1) is 9.22. The number of likely N-dealkylation sites (N-methyl/N-ethyl adjacent to an activating group) is 1. The predicted octanol–water partition coefficient (Wildman–Crippen LogP) is -0.189. The molecule has 2 N–H and O–H groups in total. The summed E-state index contributed by atoms with van der Waals surface area (Å²) in [5.74, 6) is 0. The van der Waals surface area contributed by atoms with E-state index in [2.05, 4.69) is 16.9 Å². The zero-order chi connectivity index (χ0) is 8.97. The van der Waals surface area contributed by atoms with E-state index in [0.29, 0.717) is 6.54 Å². The molecule has 0 fully saturated rings. The van der Waals surface area contributed by atoms with Gasteiger partial charge in [-0.25, -0.2) is 4.98 Å². The molecule has 0 unspecified atom stereocenters. The van der Waals surface area contributed by atoms with Crippen LogP contribution in [0.15, 0.2) is 12.5 Å². The van der Waals surface area contributed by atoms with Crippen molar-refractivity contribution in [3.05, 3.63) is 18.2 Å². The molecule has 0 aliphatic rings. The highest BCUT2D eigenvalue weighted by atomic mass is 15.1. The third-order valence-electron chi connectivity index (χ3n) is 1.86. The van der Waals surface area contributed by atoms with Crippen molar-refractivity contribution in [2.24, 2.45) is 12.8 Å². The average Bonchev–Trinajstić information content (AvgIpc) is 2.37. The molecule has 0 spiro atoms. The smallest absolute Gasteiger partial charge is 0.0945 e. The normalized spacial score (nSPS) is 11.0. The molecule has 1 heterocycles. The van der Waals surface area contributed by atoms with E-state index in [9.17, 15) is 0 Å². The SMILES string of the molecule is CN(CCN)Cc1cncn1C. The first-order valence-electron chi connectivity index (χ1n) is 4.08. The molecular formula is C8H16N4. The van der Waals surface area contributed by atoms with Gasteiger partial charge in [0.25, 0.3) is 0 Å². The van der Waals surface area contributed by atoms with Crippen LogP contribution in [0.25, 0.3) is 0 Å². The molecule has 4 nitrogen and oxygen atoms in total. The molecule has 1 aromatic rings. The van der Waals surface area contributed by atoms with Crippen LogP contribution in [0.2, 0.25) is 0 Å². The minimum Gasteiger partial charge on any atom is -0.337 e. The Labute approximate surface area is 73.0 Å². The molecule has 4 heteroatoms. The fraction of sp³-hybridized carbons (Fsp3) is 0.625. The molecule has 1 aromatic heterocycles. The van der Waals surface area contributed by atoms with E-state index in [-0.39, 0.29) is 0 Å². The van der Waals surface area contributed by atoms with Crippen LogP contribution in [0.4, 0.5) is 0 Å². The van der Waals surface area contributed by atoms with Crippen LogP contribution in [-0.4, -0.2) is 34.6 Å². The molecule has 0 aromatic carbocycles. The molecule has 68 valence electrons. The summed E-state index contributed by atoms with van der Waals surface area (Å²) in [6.07, 6.45) is 3.69. The lowest BCUT2D eigenvalue weighted by atomic mass is 10.4. The lowest BCUT2D eigenvalue weighted by Crippen LogP contribution is -2.25. The van der Waals surface area contributed by atoms with Crippen LogP contribution in [-0.2, 0) is 13.6 Å². The Hall–Kier alpha value is -0.870. The molecule has 0 bridgehead atoms. The minimum absolute atomic E-state index is 0.703. The van der Waals surface area contributed by atoms with Gasteiger partial charge in [0.2, 0.25) is 0 Å². The Bertz CT molecular complexity index is 231. The van der Waals surface area contributed by atoms with E-state index >= 15 is 0 Å². The molecule has 12 heavy (non-hydrogen) atoms. The van der Waals surface area contributed by atoms with Crippen molar-refractivity contribution >= 4 is 0 Å². The highest BCUT2D eigenvalue weighted by Gasteiger charge is 2.01. The zero-order valence-electron chi connectivity index (χ0n) is 7.70. The van der Waals surface area contributed by atoms with Crippen molar-refractivity contribution in [3.8, 4) is 0 Å². The van der Waals surface area contributed by atoms with E-state index in [1.165, 1.54) is 5.69 Å². The number of aryl methyl sites for hydroxylation is 1. The standard InChI is InChI=1S/C8H16N4/c1-11(4-3-9)6-8-5-10-7-12(8)2/h5,7H,3-4,6,9H2,1-2H3. The van der Waals surface area contributed by atoms with Crippen molar-refractivity contribution in [1.82, 2.24) is 14.5 Å². The number of hydrogen-bond donors (Lipinski definition) is 1. The maximum atomic E-state index is 5.43. The van der Waals surface area contributed by atoms with Gasteiger partial charge >= 0.3 is 0 Å². The van der Waals surface area contributed by atoms with Gasteiger partial charge in [-0.2, -0.15) is 0 Å². The molecule has 0 amide bonds. The first-order valence-corrected chi connectivity index (χ1v) is 4.08. The fourth-order valence-corrected chi connectivity index (χ4v) is 1.11. The largest absolute Gasteiger partial charge is 0.337 e. The van der Waals surface area contributed by atoms with Crippen molar-refractivity contribution in [2.45, 2.75) is 6.54 Å². The number of imidazole rings is 1. The second-order valence-corrected chi connectivity index (χ2v) is 3.02. The van der Waals surface area contributed by atoms with Crippen LogP contribution >= 0.6 is 0 Å². The molecule has 0 saturated carbocycles. The van der Waals surface area contributed by atoms with E-state index in [4.69, 9.17) is 5.73 Å². The van der Waals surface area contributed by atoms with Gasteiger partial charge in [-0.1, -0.05) is 0 Å². The summed E-state index contributed by atoms with van der Waals surface area (Å²) in [6, 6.07) is 0. The fourth-order valence-electron chi connectivity index (χ4n) is 1.11. The van der Waals surface area contributed by atoms with Gasteiger partial charge < -0.3 is 10.3 Å². The topological polar surface area (TPSA) is 47.1 Å². The first-order chi connectivity index (χ1) is 5.74. The van der Waals surface area contributed by atoms with Crippen molar-refractivity contribution in [2.75, 3.05) is 20.1 Å². The summed E-state index contributed by atoms with van der Waals surface area (Å²) in [4.78, 5) is 6.22. The summed E-state index contributed by atoms with van der Waals surface area (Å²) in [5.41, 5.74) is 6.65. The molecule has 0 radical (unpaired) electrons. The number of hydrogen-bond acceptors (Lipinski definition) is 3. The Morgan fingerprint density at radius 1 is 1.67 bits per heavy atom. The Morgan fingerprint density at radius 2 is 2.42 bits per heavy atom. The Balaban J connectivity index is 2.46. The third kappa shape index (κ3) is 2.32. The highest BCUT2D eigenvalue weighted by Crippen LogP contribution is 1.99. The zero-order valence-corrected chi connectivity index (χ0v) is 7.70. The number of rotatable bonds is 4. The number of nitrogens with zero attached hydrogens (tertiary/aromatic N) is 3. The predicted molar refractivity (Wildman–Crippen MR) is 48.6 cm³/mol. The molecular weight excluding hydrogens is 152 g/mol. The highest BCUT2D eigenvalue weighted by molar-refractivity contribution is 4.96. The summed E-state index contributed by atoms with van der Waals surface area (Å²) in [5, 5.41) is 0. The van der Waals surface area contributed by atoms with Crippen molar-refractivity contribution < 1.29 is 0 Å². The average molecular weight is 168 g/mol. The summed E-state index contributed by atoms with van der Waals surface area (Å²) in [7, 11) is 4.05. The van der Waals surface area contributed by atoms with E-state index in [0.717, 1.165) is 13.1 Å². The van der Waals surface area contributed by atoms with E-state index in [1.807, 2.05) is 24.1 Å².